The predicted octanol–water partition coefficient (Wildman–Crippen LogP) is 4.58. The quantitative estimate of drug-likeness (QED) is 0.822. The molecule has 1 N–H and O–H groups in total. The number of aryl methyl sites for hydroxylation is 1. The van der Waals surface area contributed by atoms with Gasteiger partial charge in [-0.2, -0.15) is 0 Å². The van der Waals surface area contributed by atoms with E-state index in [0.29, 0.717) is 5.41 Å². The Morgan fingerprint density at radius 2 is 2.05 bits per heavy atom. The van der Waals surface area contributed by atoms with Gasteiger partial charge in [0, 0.05) is 30.1 Å². The number of nitrogens with zero attached hydrogens (tertiary/aromatic N) is 1. The SMILES string of the molecule is Cc1csc(CCNC2CCCC(C(C)(C)C)CC2)n1. The molecule has 0 amide bonds. The van der Waals surface area contributed by atoms with Gasteiger partial charge in [-0.05, 0) is 43.9 Å². The van der Waals surface area contributed by atoms with Crippen molar-refractivity contribution in [3.63, 3.8) is 0 Å². The van der Waals surface area contributed by atoms with Gasteiger partial charge in [-0.1, -0.05) is 27.2 Å². The first-order valence-electron chi connectivity index (χ1n) is 8.09. The third kappa shape index (κ3) is 4.85. The molecule has 1 saturated carbocycles. The van der Waals surface area contributed by atoms with Crippen LogP contribution in [-0.2, 0) is 6.42 Å². The smallest absolute Gasteiger partial charge is 0.0940 e. The second-order valence-electron chi connectivity index (χ2n) is 7.35. The molecule has 1 fully saturated rings. The van der Waals surface area contributed by atoms with Crippen molar-refractivity contribution in [2.24, 2.45) is 11.3 Å². The highest BCUT2D eigenvalue weighted by atomic mass is 32.1. The van der Waals surface area contributed by atoms with Gasteiger partial charge in [0.25, 0.3) is 0 Å². The Hall–Kier alpha value is -0.410. The molecule has 2 rings (SSSR count). The monoisotopic (exact) mass is 294 g/mol. The van der Waals surface area contributed by atoms with Crippen molar-refractivity contribution in [1.82, 2.24) is 10.3 Å². The molecule has 0 bridgehead atoms. The zero-order chi connectivity index (χ0) is 14.6. The van der Waals surface area contributed by atoms with Gasteiger partial charge in [0.1, 0.15) is 0 Å². The normalized spacial score (nSPS) is 24.6. The Morgan fingerprint density at radius 1 is 1.25 bits per heavy atom. The van der Waals surface area contributed by atoms with Crippen LogP contribution in [0.25, 0.3) is 0 Å². The number of thiazole rings is 1. The van der Waals surface area contributed by atoms with Crippen LogP contribution in [0, 0.1) is 18.3 Å². The van der Waals surface area contributed by atoms with E-state index >= 15 is 0 Å². The van der Waals surface area contributed by atoms with Gasteiger partial charge in [0.05, 0.1) is 5.01 Å². The van der Waals surface area contributed by atoms with E-state index in [9.17, 15) is 0 Å². The maximum absolute atomic E-state index is 4.53. The summed E-state index contributed by atoms with van der Waals surface area (Å²) in [5.74, 6) is 0.899. The maximum Gasteiger partial charge on any atom is 0.0940 e. The minimum atomic E-state index is 0.479. The Labute approximate surface area is 128 Å². The van der Waals surface area contributed by atoms with Crippen LogP contribution in [0.15, 0.2) is 5.38 Å². The van der Waals surface area contributed by atoms with Crippen molar-refractivity contribution in [2.45, 2.75) is 72.3 Å². The van der Waals surface area contributed by atoms with E-state index in [1.807, 2.05) is 0 Å². The van der Waals surface area contributed by atoms with Gasteiger partial charge in [0.15, 0.2) is 0 Å². The molecule has 0 radical (unpaired) electrons. The van der Waals surface area contributed by atoms with Gasteiger partial charge in [-0.3, -0.25) is 0 Å². The maximum atomic E-state index is 4.53. The van der Waals surface area contributed by atoms with Crippen LogP contribution in [0.3, 0.4) is 0 Å². The van der Waals surface area contributed by atoms with Gasteiger partial charge in [0.2, 0.25) is 0 Å². The molecule has 1 aliphatic carbocycles. The third-order valence-corrected chi connectivity index (χ3v) is 5.66. The highest BCUT2D eigenvalue weighted by molar-refractivity contribution is 7.09. The molecule has 3 heteroatoms. The summed E-state index contributed by atoms with van der Waals surface area (Å²) in [5, 5.41) is 7.18. The average molecular weight is 295 g/mol. The minimum Gasteiger partial charge on any atom is -0.314 e. The molecule has 1 aliphatic rings. The van der Waals surface area contributed by atoms with Crippen LogP contribution in [0.4, 0.5) is 0 Å². The fraction of sp³-hybridized carbons (Fsp3) is 0.824. The lowest BCUT2D eigenvalue weighted by molar-refractivity contribution is 0.213. The van der Waals surface area contributed by atoms with Gasteiger partial charge in [-0.15, -0.1) is 11.3 Å². The zero-order valence-corrected chi connectivity index (χ0v) is 14.4. The first kappa shape index (κ1) is 16.0. The highest BCUT2D eigenvalue weighted by Crippen LogP contribution is 2.36. The predicted molar refractivity (Wildman–Crippen MR) is 88.4 cm³/mol. The molecule has 1 aromatic heterocycles. The molecule has 114 valence electrons. The number of aromatic nitrogens is 1. The van der Waals surface area contributed by atoms with E-state index in [4.69, 9.17) is 0 Å². The number of rotatable bonds is 4. The Bertz CT molecular complexity index is 405. The largest absolute Gasteiger partial charge is 0.314 e. The van der Waals surface area contributed by atoms with E-state index in [2.05, 4.69) is 43.4 Å². The Morgan fingerprint density at radius 3 is 2.70 bits per heavy atom. The Kier molecular flexibility index (Phi) is 5.62. The zero-order valence-electron chi connectivity index (χ0n) is 13.5. The molecule has 20 heavy (non-hydrogen) atoms. The molecule has 2 nitrogen and oxygen atoms in total. The Balaban J connectivity index is 1.71. The van der Waals surface area contributed by atoms with Crippen LogP contribution in [0.5, 0.6) is 0 Å². The first-order valence-corrected chi connectivity index (χ1v) is 8.97. The van der Waals surface area contributed by atoms with Crippen molar-refractivity contribution in [2.75, 3.05) is 6.54 Å². The summed E-state index contributed by atoms with van der Waals surface area (Å²) < 4.78 is 0. The van der Waals surface area contributed by atoms with Crippen molar-refractivity contribution in [3.05, 3.63) is 16.1 Å². The molecule has 2 atom stereocenters. The number of nitrogens with one attached hydrogen (secondary N) is 1. The second-order valence-corrected chi connectivity index (χ2v) is 8.30. The summed E-state index contributed by atoms with van der Waals surface area (Å²) in [5.41, 5.74) is 1.64. The molecular formula is C17H30N2S. The van der Waals surface area contributed by atoms with Crippen molar-refractivity contribution < 1.29 is 0 Å². The first-order chi connectivity index (χ1) is 9.45. The van der Waals surface area contributed by atoms with E-state index in [1.165, 1.54) is 37.1 Å². The molecule has 2 unspecified atom stereocenters. The lowest BCUT2D eigenvalue weighted by Gasteiger charge is -2.29. The summed E-state index contributed by atoms with van der Waals surface area (Å²) in [6.45, 7) is 10.4. The van der Waals surface area contributed by atoms with Crippen LogP contribution in [0.1, 0.15) is 63.6 Å². The molecule has 0 aliphatic heterocycles. The topological polar surface area (TPSA) is 24.9 Å². The summed E-state index contributed by atoms with van der Waals surface area (Å²) >= 11 is 1.79. The molecule has 0 spiro atoms. The van der Waals surface area contributed by atoms with Crippen LogP contribution in [-0.4, -0.2) is 17.6 Å². The molecule has 0 saturated heterocycles. The molecule has 1 heterocycles. The van der Waals surface area contributed by atoms with Gasteiger partial charge in [-0.25, -0.2) is 4.98 Å². The van der Waals surface area contributed by atoms with Gasteiger partial charge < -0.3 is 5.32 Å². The fourth-order valence-electron chi connectivity index (χ4n) is 3.27. The third-order valence-electron chi connectivity index (χ3n) is 4.63. The van der Waals surface area contributed by atoms with Crippen molar-refractivity contribution in [3.8, 4) is 0 Å². The number of hydrogen-bond donors (Lipinski definition) is 1. The summed E-state index contributed by atoms with van der Waals surface area (Å²) in [6.07, 6.45) is 7.96. The highest BCUT2D eigenvalue weighted by Gasteiger charge is 2.27. The lowest BCUT2D eigenvalue weighted by atomic mass is 9.76. The van der Waals surface area contributed by atoms with Crippen molar-refractivity contribution in [1.29, 1.82) is 0 Å². The fourth-order valence-corrected chi connectivity index (χ4v) is 4.05. The van der Waals surface area contributed by atoms with E-state index in [1.54, 1.807) is 11.3 Å². The molecule has 0 aromatic carbocycles. The van der Waals surface area contributed by atoms with Crippen molar-refractivity contribution >= 4 is 11.3 Å². The average Bonchev–Trinajstić information content (AvgIpc) is 2.63. The standard InChI is InChI=1S/C17H30N2S/c1-13-12-20-16(19-13)10-11-18-15-7-5-6-14(8-9-15)17(2,3)4/h12,14-15,18H,5-11H2,1-4H3. The molecule has 1 aromatic rings. The summed E-state index contributed by atoms with van der Waals surface area (Å²) in [4.78, 5) is 4.53. The minimum absolute atomic E-state index is 0.479. The van der Waals surface area contributed by atoms with Crippen LogP contribution >= 0.6 is 11.3 Å². The summed E-state index contributed by atoms with van der Waals surface area (Å²) in [6, 6.07) is 0.725. The summed E-state index contributed by atoms with van der Waals surface area (Å²) in [7, 11) is 0. The van der Waals surface area contributed by atoms with E-state index in [-0.39, 0.29) is 0 Å². The van der Waals surface area contributed by atoms with E-state index < -0.39 is 0 Å². The van der Waals surface area contributed by atoms with E-state index in [0.717, 1.165) is 30.6 Å². The number of hydrogen-bond acceptors (Lipinski definition) is 3. The second kappa shape index (κ2) is 7.04. The lowest BCUT2D eigenvalue weighted by Crippen LogP contribution is -2.30. The van der Waals surface area contributed by atoms with Crippen LogP contribution < -0.4 is 5.32 Å². The van der Waals surface area contributed by atoms with Crippen LogP contribution in [0.2, 0.25) is 0 Å². The van der Waals surface area contributed by atoms with Gasteiger partial charge >= 0.3 is 0 Å². The molecular weight excluding hydrogens is 264 g/mol.